The van der Waals surface area contributed by atoms with Crippen LogP contribution in [0.5, 0.6) is 0 Å². The zero-order chi connectivity index (χ0) is 16.1. The number of amides is 1. The highest BCUT2D eigenvalue weighted by atomic mass is 32.1. The van der Waals surface area contributed by atoms with Gasteiger partial charge < -0.3 is 10.1 Å². The Labute approximate surface area is 145 Å². The van der Waals surface area contributed by atoms with Gasteiger partial charge in [-0.25, -0.2) is 0 Å². The molecule has 6 heteroatoms. The van der Waals surface area contributed by atoms with Crippen molar-refractivity contribution >= 4 is 28.6 Å². The van der Waals surface area contributed by atoms with E-state index < -0.39 is 0 Å². The second kappa shape index (κ2) is 8.06. The fourth-order valence-electron chi connectivity index (χ4n) is 3.01. The fraction of sp³-hybridized carbons (Fsp3) is 0.471. The molecule has 0 aliphatic carbocycles. The zero-order valence-corrected chi connectivity index (χ0v) is 14.9. The molecule has 2 atom stereocenters. The van der Waals surface area contributed by atoms with Crippen LogP contribution in [0.15, 0.2) is 35.0 Å². The Bertz CT molecular complexity index is 592. The molecule has 4 nitrogen and oxygen atoms in total. The molecule has 0 radical (unpaired) electrons. The van der Waals surface area contributed by atoms with E-state index in [0.29, 0.717) is 6.42 Å². The molecule has 3 heterocycles. The molecule has 23 heavy (non-hydrogen) atoms. The highest BCUT2D eigenvalue weighted by Gasteiger charge is 2.29. The summed E-state index contributed by atoms with van der Waals surface area (Å²) in [7, 11) is 0. The first-order valence-corrected chi connectivity index (χ1v) is 9.67. The predicted molar refractivity (Wildman–Crippen MR) is 95.1 cm³/mol. The Hall–Kier alpha value is -1.21. The van der Waals surface area contributed by atoms with E-state index in [1.165, 1.54) is 4.88 Å². The molecule has 1 N–H and O–H groups in total. The summed E-state index contributed by atoms with van der Waals surface area (Å²) in [4.78, 5) is 17.2. The van der Waals surface area contributed by atoms with E-state index in [9.17, 15) is 4.79 Å². The van der Waals surface area contributed by atoms with Crippen LogP contribution < -0.4 is 5.32 Å². The van der Waals surface area contributed by atoms with E-state index >= 15 is 0 Å². The average molecular weight is 351 g/mol. The number of ether oxygens (including phenoxy) is 1. The van der Waals surface area contributed by atoms with Crippen LogP contribution in [0.1, 0.15) is 22.7 Å². The smallest absolute Gasteiger partial charge is 0.225 e. The third kappa shape index (κ3) is 4.41. The topological polar surface area (TPSA) is 41.6 Å². The van der Waals surface area contributed by atoms with Crippen LogP contribution >= 0.6 is 22.7 Å². The van der Waals surface area contributed by atoms with Gasteiger partial charge in [0.15, 0.2) is 0 Å². The molecule has 2 aromatic rings. The number of thiophene rings is 2. The van der Waals surface area contributed by atoms with Crippen LogP contribution in [0.25, 0.3) is 0 Å². The monoisotopic (exact) mass is 350 g/mol. The third-order valence-electron chi connectivity index (χ3n) is 4.05. The van der Waals surface area contributed by atoms with Gasteiger partial charge in [0, 0.05) is 28.9 Å². The van der Waals surface area contributed by atoms with Crippen molar-refractivity contribution in [3.63, 3.8) is 0 Å². The standard InChI is InChI=1S/C17H22N2O2S2/c1-13(18-16(20)12-14-4-2-10-22-14)17(15-5-3-11-23-15)19-6-8-21-9-7-19/h2-5,10-11,13,17H,6-9,12H2,1H3,(H,18,20)/t13-,17-/m0/s1. The number of nitrogens with one attached hydrogen (secondary N) is 1. The summed E-state index contributed by atoms with van der Waals surface area (Å²) < 4.78 is 5.47. The second-order valence-electron chi connectivity index (χ2n) is 5.72. The van der Waals surface area contributed by atoms with Crippen LogP contribution in [0.3, 0.4) is 0 Å². The van der Waals surface area contributed by atoms with E-state index in [1.54, 1.807) is 22.7 Å². The van der Waals surface area contributed by atoms with Gasteiger partial charge in [0.2, 0.25) is 5.91 Å². The van der Waals surface area contributed by atoms with E-state index in [-0.39, 0.29) is 18.0 Å². The summed E-state index contributed by atoms with van der Waals surface area (Å²) in [5.41, 5.74) is 0. The van der Waals surface area contributed by atoms with Crippen LogP contribution in [0.2, 0.25) is 0 Å². The maximum absolute atomic E-state index is 12.3. The Morgan fingerprint density at radius 3 is 2.65 bits per heavy atom. The summed E-state index contributed by atoms with van der Waals surface area (Å²) >= 11 is 3.38. The quantitative estimate of drug-likeness (QED) is 0.871. The minimum absolute atomic E-state index is 0.0687. The first-order valence-electron chi connectivity index (χ1n) is 7.91. The molecule has 124 valence electrons. The molecule has 0 unspecified atom stereocenters. The first kappa shape index (κ1) is 16.6. The Kier molecular flexibility index (Phi) is 5.83. The summed E-state index contributed by atoms with van der Waals surface area (Å²) in [6, 6.07) is 8.51. The van der Waals surface area contributed by atoms with Crippen molar-refractivity contribution in [1.29, 1.82) is 0 Å². The van der Waals surface area contributed by atoms with Gasteiger partial charge >= 0.3 is 0 Å². The number of carbonyl (C=O) groups is 1. The van der Waals surface area contributed by atoms with Crippen molar-refractivity contribution < 1.29 is 9.53 Å². The van der Waals surface area contributed by atoms with Crippen LogP contribution in [0, 0.1) is 0 Å². The molecule has 1 amide bonds. The summed E-state index contributed by atoms with van der Waals surface area (Å²) in [6.45, 7) is 5.45. The van der Waals surface area contributed by atoms with Gasteiger partial charge in [0.1, 0.15) is 0 Å². The lowest BCUT2D eigenvalue weighted by molar-refractivity contribution is -0.121. The van der Waals surface area contributed by atoms with Crippen molar-refractivity contribution in [1.82, 2.24) is 10.2 Å². The van der Waals surface area contributed by atoms with Gasteiger partial charge in [-0.3, -0.25) is 9.69 Å². The Balaban J connectivity index is 1.67. The molecule has 2 aromatic heterocycles. The maximum atomic E-state index is 12.3. The largest absolute Gasteiger partial charge is 0.379 e. The van der Waals surface area contributed by atoms with Gasteiger partial charge in [0.05, 0.1) is 25.7 Å². The fourth-order valence-corrected chi connectivity index (χ4v) is 4.68. The molecule has 1 aliphatic rings. The molecular weight excluding hydrogens is 328 g/mol. The van der Waals surface area contributed by atoms with Crippen molar-refractivity contribution in [3.8, 4) is 0 Å². The number of carbonyl (C=O) groups excluding carboxylic acids is 1. The van der Waals surface area contributed by atoms with Crippen molar-refractivity contribution in [2.75, 3.05) is 26.3 Å². The van der Waals surface area contributed by atoms with Crippen molar-refractivity contribution in [2.24, 2.45) is 0 Å². The number of morpholine rings is 1. The van der Waals surface area contributed by atoms with Crippen LogP contribution in [-0.2, 0) is 16.0 Å². The van der Waals surface area contributed by atoms with Crippen LogP contribution in [0.4, 0.5) is 0 Å². The molecule has 3 rings (SSSR count). The number of hydrogen-bond donors (Lipinski definition) is 1. The van der Waals surface area contributed by atoms with Gasteiger partial charge in [-0.2, -0.15) is 0 Å². The maximum Gasteiger partial charge on any atom is 0.225 e. The lowest BCUT2D eigenvalue weighted by Gasteiger charge is -2.37. The third-order valence-corrected chi connectivity index (χ3v) is 5.87. The minimum Gasteiger partial charge on any atom is -0.379 e. The van der Waals surface area contributed by atoms with E-state index in [0.717, 1.165) is 31.2 Å². The second-order valence-corrected chi connectivity index (χ2v) is 7.73. The summed E-state index contributed by atoms with van der Waals surface area (Å²) in [6.07, 6.45) is 0.461. The lowest BCUT2D eigenvalue weighted by atomic mass is 10.1. The number of nitrogens with zero attached hydrogens (tertiary/aromatic N) is 1. The predicted octanol–water partition coefficient (Wildman–Crippen LogP) is 2.93. The van der Waals surface area contributed by atoms with Gasteiger partial charge in [-0.15, -0.1) is 22.7 Å². The Morgan fingerprint density at radius 2 is 2.00 bits per heavy atom. The van der Waals surface area contributed by atoms with Crippen molar-refractivity contribution in [3.05, 3.63) is 44.8 Å². The van der Waals surface area contributed by atoms with E-state index in [1.807, 2.05) is 17.5 Å². The Morgan fingerprint density at radius 1 is 1.26 bits per heavy atom. The molecular formula is C17H22N2O2S2. The molecule has 1 aliphatic heterocycles. The highest BCUT2D eigenvalue weighted by molar-refractivity contribution is 7.10. The van der Waals surface area contributed by atoms with Crippen molar-refractivity contribution in [2.45, 2.75) is 25.4 Å². The highest BCUT2D eigenvalue weighted by Crippen LogP contribution is 2.29. The number of rotatable bonds is 6. The molecule has 0 aromatic carbocycles. The summed E-state index contributed by atoms with van der Waals surface area (Å²) in [5, 5.41) is 7.30. The van der Waals surface area contributed by atoms with Crippen LogP contribution in [-0.4, -0.2) is 43.2 Å². The molecule has 0 saturated carbocycles. The van der Waals surface area contributed by atoms with Gasteiger partial charge in [0.25, 0.3) is 0 Å². The zero-order valence-electron chi connectivity index (χ0n) is 13.2. The first-order chi connectivity index (χ1) is 11.2. The number of hydrogen-bond acceptors (Lipinski definition) is 5. The molecule has 0 bridgehead atoms. The van der Waals surface area contributed by atoms with E-state index in [2.05, 4.69) is 34.7 Å². The molecule has 1 fully saturated rings. The average Bonchev–Trinajstić information content (AvgIpc) is 3.22. The molecule has 1 saturated heterocycles. The summed E-state index contributed by atoms with van der Waals surface area (Å²) in [5.74, 6) is 0.0924. The lowest BCUT2D eigenvalue weighted by Crippen LogP contribution is -2.48. The van der Waals surface area contributed by atoms with Gasteiger partial charge in [-0.05, 0) is 29.8 Å². The van der Waals surface area contributed by atoms with E-state index in [4.69, 9.17) is 4.74 Å². The van der Waals surface area contributed by atoms with Gasteiger partial charge in [-0.1, -0.05) is 12.1 Å². The SMILES string of the molecule is C[C@H](NC(=O)Cc1cccs1)[C@@H](c1cccs1)N1CCOCC1. The molecule has 0 spiro atoms. The normalized spacial score (nSPS) is 18.5. The minimum atomic E-state index is 0.0687.